The van der Waals surface area contributed by atoms with Crippen LogP contribution in [0.5, 0.6) is 0 Å². The highest BCUT2D eigenvalue weighted by Crippen LogP contribution is 2.26. The van der Waals surface area contributed by atoms with Crippen LogP contribution in [0.2, 0.25) is 0 Å². The third kappa shape index (κ3) is 6.47. The molecule has 0 aliphatic rings. The standard InChI is InChI=1S/C28H27Cl2N3S/c1-21-17-26(33(15-13-29)16-14-30)12-9-24(21)19-31-25-10-7-23(8-11-25)27-20-34-28(32-27)18-22-5-3-2-4-6-22/h2-12,17,19-20H,13-16,18H2,1H3. The number of nitrogens with zero attached hydrogens (tertiary/aromatic N) is 3. The Morgan fingerprint density at radius 1 is 0.941 bits per heavy atom. The molecule has 4 rings (SSSR count). The Bertz CT molecular complexity index is 1210. The third-order valence-corrected chi connectivity index (χ3v) is 6.78. The van der Waals surface area contributed by atoms with Crippen LogP contribution >= 0.6 is 34.5 Å². The molecule has 0 aliphatic heterocycles. The van der Waals surface area contributed by atoms with Crippen molar-refractivity contribution in [1.82, 2.24) is 4.98 Å². The molecular weight excluding hydrogens is 481 g/mol. The first-order valence-corrected chi connectivity index (χ1v) is 13.2. The van der Waals surface area contributed by atoms with E-state index in [1.807, 2.05) is 24.4 Å². The molecule has 0 fully saturated rings. The van der Waals surface area contributed by atoms with Crippen LogP contribution in [-0.4, -0.2) is 36.0 Å². The molecule has 0 N–H and O–H groups in total. The summed E-state index contributed by atoms with van der Waals surface area (Å²) in [6.45, 7) is 3.66. The van der Waals surface area contributed by atoms with Crippen LogP contribution in [0.3, 0.4) is 0 Å². The largest absolute Gasteiger partial charge is 0.369 e. The number of thiazole rings is 1. The van der Waals surface area contributed by atoms with Crippen LogP contribution in [0.25, 0.3) is 11.3 Å². The van der Waals surface area contributed by atoms with Crippen LogP contribution in [0, 0.1) is 6.92 Å². The molecule has 0 radical (unpaired) electrons. The smallest absolute Gasteiger partial charge is 0.0976 e. The van der Waals surface area contributed by atoms with Crippen LogP contribution in [-0.2, 0) is 6.42 Å². The summed E-state index contributed by atoms with van der Waals surface area (Å²) in [5.41, 5.74) is 7.70. The molecule has 1 heterocycles. The molecule has 4 aromatic rings. The highest BCUT2D eigenvalue weighted by Gasteiger charge is 2.08. The van der Waals surface area contributed by atoms with E-state index in [2.05, 4.69) is 76.8 Å². The average Bonchev–Trinajstić information content (AvgIpc) is 3.32. The Balaban J connectivity index is 1.42. The molecule has 6 heteroatoms. The summed E-state index contributed by atoms with van der Waals surface area (Å²) in [5.74, 6) is 1.15. The van der Waals surface area contributed by atoms with Gasteiger partial charge in [-0.2, -0.15) is 0 Å². The maximum atomic E-state index is 5.95. The quantitative estimate of drug-likeness (QED) is 0.162. The maximum absolute atomic E-state index is 5.95. The highest BCUT2D eigenvalue weighted by atomic mass is 35.5. The number of rotatable bonds is 10. The van der Waals surface area contributed by atoms with Crippen LogP contribution in [0.4, 0.5) is 11.4 Å². The van der Waals surface area contributed by atoms with Crippen molar-refractivity contribution in [3.05, 3.63) is 99.9 Å². The molecule has 1 aromatic heterocycles. The Labute approximate surface area is 215 Å². The lowest BCUT2D eigenvalue weighted by atomic mass is 10.1. The molecular formula is C28H27Cl2N3S. The number of halogens is 2. The maximum Gasteiger partial charge on any atom is 0.0976 e. The molecule has 3 aromatic carbocycles. The number of benzene rings is 3. The van der Waals surface area contributed by atoms with E-state index < -0.39 is 0 Å². The number of aliphatic imine (C=N–C) groups is 1. The molecule has 34 heavy (non-hydrogen) atoms. The summed E-state index contributed by atoms with van der Waals surface area (Å²) in [5, 5.41) is 3.25. The van der Waals surface area contributed by atoms with Gasteiger partial charge in [0.05, 0.1) is 16.4 Å². The second-order valence-corrected chi connectivity index (χ2v) is 9.70. The van der Waals surface area contributed by atoms with Crippen LogP contribution < -0.4 is 4.90 Å². The second-order valence-electron chi connectivity index (χ2n) is 8.00. The summed E-state index contributed by atoms with van der Waals surface area (Å²) >= 11 is 13.6. The summed E-state index contributed by atoms with van der Waals surface area (Å²) < 4.78 is 0. The van der Waals surface area contributed by atoms with E-state index in [0.29, 0.717) is 11.8 Å². The van der Waals surface area contributed by atoms with E-state index in [1.165, 1.54) is 11.1 Å². The zero-order chi connectivity index (χ0) is 23.8. The average molecular weight is 509 g/mol. The van der Waals surface area contributed by atoms with Gasteiger partial charge in [-0.15, -0.1) is 34.5 Å². The lowest BCUT2D eigenvalue weighted by molar-refractivity contribution is 0.873. The summed E-state index contributed by atoms with van der Waals surface area (Å²) in [4.78, 5) is 11.7. The Hall–Kier alpha value is -2.66. The predicted molar refractivity (Wildman–Crippen MR) is 149 cm³/mol. The first-order chi connectivity index (χ1) is 16.7. The summed E-state index contributed by atoms with van der Waals surface area (Å²) in [6.07, 6.45) is 2.78. The minimum absolute atomic E-state index is 0.574. The first kappa shape index (κ1) is 24.5. The molecule has 0 unspecified atom stereocenters. The van der Waals surface area contributed by atoms with Gasteiger partial charge >= 0.3 is 0 Å². The molecule has 0 aliphatic carbocycles. The second kappa shape index (κ2) is 12.2. The van der Waals surface area contributed by atoms with E-state index in [4.69, 9.17) is 28.2 Å². The zero-order valence-corrected chi connectivity index (χ0v) is 21.5. The molecule has 0 saturated carbocycles. The van der Waals surface area contributed by atoms with Gasteiger partial charge in [0.15, 0.2) is 0 Å². The van der Waals surface area contributed by atoms with E-state index in [0.717, 1.165) is 52.7 Å². The normalized spacial score (nSPS) is 11.3. The molecule has 174 valence electrons. The van der Waals surface area contributed by atoms with Gasteiger partial charge in [-0.3, -0.25) is 4.99 Å². The Kier molecular flexibility index (Phi) is 8.75. The molecule has 0 saturated heterocycles. The molecule has 0 bridgehead atoms. The van der Waals surface area contributed by atoms with Crippen LogP contribution in [0.15, 0.2) is 83.2 Å². The molecule has 0 spiro atoms. The fraction of sp³-hybridized carbons (Fsp3) is 0.214. The zero-order valence-electron chi connectivity index (χ0n) is 19.1. The first-order valence-electron chi connectivity index (χ1n) is 11.3. The summed E-state index contributed by atoms with van der Waals surface area (Å²) in [7, 11) is 0. The number of aromatic nitrogens is 1. The van der Waals surface area contributed by atoms with Crippen LogP contribution in [0.1, 0.15) is 21.7 Å². The van der Waals surface area contributed by atoms with Crippen molar-refractivity contribution in [2.75, 3.05) is 29.7 Å². The molecule has 3 nitrogen and oxygen atoms in total. The van der Waals surface area contributed by atoms with Crippen molar-refractivity contribution in [2.24, 2.45) is 4.99 Å². The van der Waals surface area contributed by atoms with Gasteiger partial charge in [0.1, 0.15) is 0 Å². The van der Waals surface area contributed by atoms with E-state index >= 15 is 0 Å². The number of aryl methyl sites for hydroxylation is 1. The van der Waals surface area contributed by atoms with Crippen molar-refractivity contribution in [3.63, 3.8) is 0 Å². The topological polar surface area (TPSA) is 28.5 Å². The highest BCUT2D eigenvalue weighted by molar-refractivity contribution is 7.10. The van der Waals surface area contributed by atoms with Gasteiger partial charge in [-0.25, -0.2) is 4.98 Å². The van der Waals surface area contributed by atoms with Gasteiger partial charge in [-0.05, 0) is 47.9 Å². The number of hydrogen-bond donors (Lipinski definition) is 0. The number of alkyl halides is 2. The fourth-order valence-corrected chi connectivity index (χ4v) is 4.98. The fourth-order valence-electron chi connectivity index (χ4n) is 3.73. The van der Waals surface area contributed by atoms with Gasteiger partial charge in [0.25, 0.3) is 0 Å². The molecule has 0 atom stereocenters. The van der Waals surface area contributed by atoms with Crippen molar-refractivity contribution in [1.29, 1.82) is 0 Å². The predicted octanol–water partition coefficient (Wildman–Crippen LogP) is 7.74. The van der Waals surface area contributed by atoms with Gasteiger partial charge in [0.2, 0.25) is 0 Å². The molecule has 0 amide bonds. The SMILES string of the molecule is Cc1cc(N(CCCl)CCCl)ccc1C=Nc1ccc(-c2csc(Cc3ccccc3)n2)cc1. The lowest BCUT2D eigenvalue weighted by Crippen LogP contribution is -2.27. The lowest BCUT2D eigenvalue weighted by Gasteiger charge is -2.23. The van der Waals surface area contributed by atoms with E-state index in [1.54, 1.807) is 11.3 Å². The van der Waals surface area contributed by atoms with Gasteiger partial charge in [0, 0.05) is 54.1 Å². The van der Waals surface area contributed by atoms with E-state index in [-0.39, 0.29) is 0 Å². The van der Waals surface area contributed by atoms with E-state index in [9.17, 15) is 0 Å². The van der Waals surface area contributed by atoms with Gasteiger partial charge in [-0.1, -0.05) is 48.5 Å². The van der Waals surface area contributed by atoms with Crippen molar-refractivity contribution in [3.8, 4) is 11.3 Å². The summed E-state index contributed by atoms with van der Waals surface area (Å²) in [6, 6.07) is 25.1. The van der Waals surface area contributed by atoms with Gasteiger partial charge < -0.3 is 4.90 Å². The minimum Gasteiger partial charge on any atom is -0.369 e. The minimum atomic E-state index is 0.574. The monoisotopic (exact) mass is 507 g/mol. The number of hydrogen-bond acceptors (Lipinski definition) is 4. The van der Waals surface area contributed by atoms with Crippen molar-refractivity contribution in [2.45, 2.75) is 13.3 Å². The Morgan fingerprint density at radius 3 is 2.35 bits per heavy atom. The Morgan fingerprint density at radius 2 is 1.68 bits per heavy atom. The van der Waals surface area contributed by atoms with Crippen molar-refractivity contribution < 1.29 is 0 Å². The third-order valence-electron chi connectivity index (χ3n) is 5.59. The number of anilines is 1. The van der Waals surface area contributed by atoms with Crippen molar-refractivity contribution >= 4 is 52.1 Å².